The zero-order valence-corrected chi connectivity index (χ0v) is 15.1. The van der Waals surface area contributed by atoms with Crippen molar-refractivity contribution in [2.75, 3.05) is 33.8 Å². The summed E-state index contributed by atoms with van der Waals surface area (Å²) < 4.78 is 11.0. The molecule has 0 heterocycles. The zero-order valence-electron chi connectivity index (χ0n) is 15.1. The zero-order chi connectivity index (χ0) is 18.9. The van der Waals surface area contributed by atoms with E-state index in [-0.39, 0.29) is 6.54 Å². The minimum absolute atomic E-state index is 0.173. The van der Waals surface area contributed by atoms with Gasteiger partial charge in [0.15, 0.2) is 0 Å². The van der Waals surface area contributed by atoms with Crippen LogP contribution in [0, 0.1) is 0 Å². The first kappa shape index (κ1) is 19.6. The Morgan fingerprint density at radius 3 is 2.38 bits per heavy atom. The van der Waals surface area contributed by atoms with Gasteiger partial charge in [-0.15, -0.1) is 0 Å². The van der Waals surface area contributed by atoms with Crippen LogP contribution in [-0.2, 0) is 6.42 Å². The molecule has 0 atom stereocenters. The lowest BCUT2D eigenvalue weighted by Crippen LogP contribution is -2.38. The molecule has 0 bridgehead atoms. The third-order valence-electron chi connectivity index (χ3n) is 3.92. The van der Waals surface area contributed by atoms with Crippen LogP contribution >= 0.6 is 0 Å². The standard InChI is InChI=1S/C19H25N3O4/c1-21(12-13-22(24)19(20)23)11-10-15-4-3-5-18(14-15)26-17-8-6-16(25-2)7-9-17/h3-9,14,24H,10-13H2,1-2H3,(H2,20,23). The molecule has 7 heteroatoms. The van der Waals surface area contributed by atoms with E-state index in [1.54, 1.807) is 7.11 Å². The number of nitrogens with two attached hydrogens (primary N) is 1. The summed E-state index contributed by atoms with van der Waals surface area (Å²) in [6.45, 7) is 1.48. The second-order valence-electron chi connectivity index (χ2n) is 5.94. The molecule has 26 heavy (non-hydrogen) atoms. The third-order valence-corrected chi connectivity index (χ3v) is 3.92. The fraction of sp³-hybridized carbons (Fsp3) is 0.316. The van der Waals surface area contributed by atoms with Gasteiger partial charge in [0.1, 0.15) is 17.2 Å². The van der Waals surface area contributed by atoms with E-state index in [1.807, 2.05) is 60.5 Å². The summed E-state index contributed by atoms with van der Waals surface area (Å²) >= 11 is 0. The minimum Gasteiger partial charge on any atom is -0.497 e. The van der Waals surface area contributed by atoms with E-state index in [0.29, 0.717) is 11.6 Å². The van der Waals surface area contributed by atoms with E-state index in [9.17, 15) is 10.0 Å². The first-order valence-electron chi connectivity index (χ1n) is 8.33. The summed E-state index contributed by atoms with van der Waals surface area (Å²) in [4.78, 5) is 12.8. The van der Waals surface area contributed by atoms with E-state index in [4.69, 9.17) is 15.2 Å². The highest BCUT2D eigenvalue weighted by atomic mass is 16.5. The number of carbonyl (C=O) groups excluding carboxylic acids is 1. The van der Waals surface area contributed by atoms with Crippen LogP contribution in [0.25, 0.3) is 0 Å². The highest BCUT2D eigenvalue weighted by molar-refractivity contribution is 5.70. The fourth-order valence-corrected chi connectivity index (χ4v) is 2.35. The average Bonchev–Trinajstić information content (AvgIpc) is 2.65. The summed E-state index contributed by atoms with van der Waals surface area (Å²) in [6, 6.07) is 14.5. The van der Waals surface area contributed by atoms with Crippen molar-refractivity contribution >= 4 is 6.03 Å². The Bertz CT molecular complexity index is 706. The van der Waals surface area contributed by atoms with Crippen LogP contribution in [0.1, 0.15) is 5.56 Å². The number of ether oxygens (including phenoxy) is 2. The molecule has 2 amide bonds. The number of nitrogens with zero attached hydrogens (tertiary/aromatic N) is 2. The number of methoxy groups -OCH3 is 1. The Kier molecular flexibility index (Phi) is 7.25. The Morgan fingerprint density at radius 2 is 1.73 bits per heavy atom. The van der Waals surface area contributed by atoms with Crippen LogP contribution in [0.15, 0.2) is 48.5 Å². The number of hydrogen-bond donors (Lipinski definition) is 2. The summed E-state index contributed by atoms with van der Waals surface area (Å²) in [5.74, 6) is 2.30. The largest absolute Gasteiger partial charge is 0.497 e. The lowest BCUT2D eigenvalue weighted by atomic mass is 10.1. The highest BCUT2D eigenvalue weighted by Crippen LogP contribution is 2.24. The Labute approximate surface area is 153 Å². The predicted molar refractivity (Wildman–Crippen MR) is 98.8 cm³/mol. The first-order chi connectivity index (χ1) is 12.5. The second kappa shape index (κ2) is 9.65. The molecule has 0 aliphatic carbocycles. The van der Waals surface area contributed by atoms with E-state index >= 15 is 0 Å². The van der Waals surface area contributed by atoms with E-state index < -0.39 is 6.03 Å². The summed E-state index contributed by atoms with van der Waals surface area (Å²) in [5.41, 5.74) is 6.12. The van der Waals surface area contributed by atoms with Gasteiger partial charge >= 0.3 is 6.03 Å². The van der Waals surface area contributed by atoms with Gasteiger partial charge in [0.05, 0.1) is 13.7 Å². The van der Waals surface area contributed by atoms with Crippen molar-refractivity contribution < 1.29 is 19.5 Å². The molecular weight excluding hydrogens is 334 g/mol. The van der Waals surface area contributed by atoms with Crippen molar-refractivity contribution in [1.29, 1.82) is 0 Å². The number of carbonyl (C=O) groups is 1. The molecule has 0 spiro atoms. The molecule has 2 aromatic rings. The topological polar surface area (TPSA) is 88.3 Å². The number of benzene rings is 2. The number of hydroxylamine groups is 2. The number of urea groups is 1. The molecule has 140 valence electrons. The summed E-state index contributed by atoms with van der Waals surface area (Å²) in [6.07, 6.45) is 0.818. The predicted octanol–water partition coefficient (Wildman–Crippen LogP) is 2.73. The molecule has 3 N–H and O–H groups in total. The molecule has 2 aromatic carbocycles. The first-order valence-corrected chi connectivity index (χ1v) is 8.33. The van der Waals surface area contributed by atoms with E-state index in [0.717, 1.165) is 35.8 Å². The maximum Gasteiger partial charge on any atom is 0.338 e. The Hall–Kier alpha value is -2.77. The number of rotatable bonds is 9. The minimum atomic E-state index is -0.846. The van der Waals surface area contributed by atoms with Gasteiger partial charge < -0.3 is 20.1 Å². The summed E-state index contributed by atoms with van der Waals surface area (Å²) in [5, 5.41) is 9.79. The van der Waals surface area contributed by atoms with Gasteiger partial charge in [0, 0.05) is 13.1 Å². The molecule has 0 saturated carbocycles. The lowest BCUT2D eigenvalue weighted by molar-refractivity contribution is -0.0432. The monoisotopic (exact) mass is 359 g/mol. The van der Waals surface area contributed by atoms with Crippen molar-refractivity contribution in [1.82, 2.24) is 9.96 Å². The quantitative estimate of drug-likeness (QED) is 0.531. The van der Waals surface area contributed by atoms with Gasteiger partial charge in [0.2, 0.25) is 0 Å². The normalized spacial score (nSPS) is 10.6. The van der Waals surface area contributed by atoms with Crippen molar-refractivity contribution in [2.45, 2.75) is 6.42 Å². The van der Waals surface area contributed by atoms with Gasteiger partial charge in [0.25, 0.3) is 0 Å². The number of amides is 2. The Balaban J connectivity index is 1.85. The molecule has 0 aliphatic rings. The van der Waals surface area contributed by atoms with Crippen molar-refractivity contribution in [3.05, 3.63) is 54.1 Å². The lowest BCUT2D eigenvalue weighted by Gasteiger charge is -2.19. The molecule has 0 fully saturated rings. The molecule has 0 radical (unpaired) electrons. The van der Waals surface area contributed by atoms with Crippen LogP contribution in [-0.4, -0.2) is 55.0 Å². The van der Waals surface area contributed by atoms with Gasteiger partial charge in [-0.3, -0.25) is 5.21 Å². The summed E-state index contributed by atoms with van der Waals surface area (Å²) in [7, 11) is 3.55. The third kappa shape index (κ3) is 6.27. The maximum atomic E-state index is 10.8. The molecule has 2 rings (SSSR count). The van der Waals surface area contributed by atoms with Crippen molar-refractivity contribution in [3.63, 3.8) is 0 Å². The van der Waals surface area contributed by atoms with Crippen LogP contribution in [0.4, 0.5) is 4.79 Å². The van der Waals surface area contributed by atoms with E-state index in [1.165, 1.54) is 0 Å². The molecule has 0 aliphatic heterocycles. The Morgan fingerprint density at radius 1 is 1.04 bits per heavy atom. The second-order valence-corrected chi connectivity index (χ2v) is 5.94. The molecule has 0 unspecified atom stereocenters. The van der Waals surface area contributed by atoms with Gasteiger partial charge in [-0.05, 0) is 55.4 Å². The number of primary amides is 1. The van der Waals surface area contributed by atoms with Gasteiger partial charge in [-0.25, -0.2) is 9.86 Å². The van der Waals surface area contributed by atoms with Crippen LogP contribution in [0.5, 0.6) is 17.2 Å². The number of likely N-dealkylation sites (N-methyl/N-ethyl adjacent to an activating group) is 1. The number of hydrogen-bond acceptors (Lipinski definition) is 5. The molecule has 7 nitrogen and oxygen atoms in total. The average molecular weight is 359 g/mol. The van der Waals surface area contributed by atoms with Gasteiger partial charge in [-0.2, -0.15) is 0 Å². The smallest absolute Gasteiger partial charge is 0.338 e. The molecule has 0 saturated heterocycles. The molecule has 0 aromatic heterocycles. The van der Waals surface area contributed by atoms with Crippen LogP contribution < -0.4 is 15.2 Å². The van der Waals surface area contributed by atoms with Crippen molar-refractivity contribution in [3.8, 4) is 17.2 Å². The van der Waals surface area contributed by atoms with E-state index in [2.05, 4.69) is 0 Å². The van der Waals surface area contributed by atoms with Gasteiger partial charge in [-0.1, -0.05) is 12.1 Å². The SMILES string of the molecule is COc1ccc(Oc2cccc(CCN(C)CCN(O)C(N)=O)c2)cc1. The fourth-order valence-electron chi connectivity index (χ4n) is 2.35. The van der Waals surface area contributed by atoms with Crippen LogP contribution in [0.2, 0.25) is 0 Å². The van der Waals surface area contributed by atoms with Crippen LogP contribution in [0.3, 0.4) is 0 Å². The maximum absolute atomic E-state index is 10.8. The van der Waals surface area contributed by atoms with Crippen molar-refractivity contribution in [2.24, 2.45) is 5.73 Å². The molecular formula is C19H25N3O4. The highest BCUT2D eigenvalue weighted by Gasteiger charge is 2.07.